The van der Waals surface area contributed by atoms with E-state index in [4.69, 9.17) is 9.47 Å². The molecule has 0 radical (unpaired) electrons. The van der Waals surface area contributed by atoms with Gasteiger partial charge in [-0.3, -0.25) is 4.79 Å². The number of para-hydroxylation sites is 2. The van der Waals surface area contributed by atoms with Crippen molar-refractivity contribution in [2.45, 2.75) is 26.0 Å². The van der Waals surface area contributed by atoms with Crippen molar-refractivity contribution < 1.29 is 14.3 Å². The first-order chi connectivity index (χ1) is 11.1. The van der Waals surface area contributed by atoms with Crippen LogP contribution in [-0.2, 0) is 4.79 Å². The van der Waals surface area contributed by atoms with Gasteiger partial charge in [0.1, 0.15) is 18.0 Å². The third-order valence-corrected chi connectivity index (χ3v) is 4.16. The highest BCUT2D eigenvalue weighted by molar-refractivity contribution is 5.81. The molecule has 1 aromatic carbocycles. The number of carbonyl (C=O) groups is 1. The molecule has 3 rings (SSSR count). The van der Waals surface area contributed by atoms with Crippen LogP contribution >= 0.6 is 0 Å². The number of aromatic nitrogens is 2. The molecule has 0 spiro atoms. The molecule has 23 heavy (non-hydrogen) atoms. The fourth-order valence-corrected chi connectivity index (χ4v) is 2.77. The minimum Gasteiger partial charge on any atom is -0.493 e. The van der Waals surface area contributed by atoms with Crippen LogP contribution < -0.4 is 9.47 Å². The minimum absolute atomic E-state index is 0.00586. The summed E-state index contributed by atoms with van der Waals surface area (Å²) in [6.07, 6.45) is 3.55. The summed E-state index contributed by atoms with van der Waals surface area (Å²) in [4.78, 5) is 18.5. The van der Waals surface area contributed by atoms with Gasteiger partial charge in [-0.25, -0.2) is 4.98 Å². The van der Waals surface area contributed by atoms with Crippen molar-refractivity contribution in [2.24, 2.45) is 0 Å². The van der Waals surface area contributed by atoms with Gasteiger partial charge in [0.25, 0.3) is 0 Å². The number of nitrogens with zero attached hydrogens (tertiary/aromatic N) is 3. The molecule has 2 heterocycles. The summed E-state index contributed by atoms with van der Waals surface area (Å²) >= 11 is 0. The topological polar surface area (TPSA) is 56.6 Å². The lowest BCUT2D eigenvalue weighted by Crippen LogP contribution is -2.57. The fraction of sp³-hybridized carbons (Fsp3) is 0.412. The number of rotatable bonds is 5. The Hall–Kier alpha value is -2.50. The number of hydrogen-bond acceptors (Lipinski definition) is 4. The zero-order valence-electron chi connectivity index (χ0n) is 13.6. The molecule has 6 nitrogen and oxygen atoms in total. The van der Waals surface area contributed by atoms with E-state index in [0.717, 1.165) is 5.82 Å². The highest BCUT2D eigenvalue weighted by Crippen LogP contribution is 2.29. The average Bonchev–Trinajstić information content (AvgIpc) is 2.95. The Morgan fingerprint density at radius 1 is 1.30 bits per heavy atom. The van der Waals surface area contributed by atoms with Gasteiger partial charge < -0.3 is 18.9 Å². The molecule has 122 valence electrons. The lowest BCUT2D eigenvalue weighted by Gasteiger charge is -2.40. The molecule has 2 aromatic rings. The highest BCUT2D eigenvalue weighted by atomic mass is 16.5. The molecule has 0 aliphatic carbocycles. The molecule has 1 aliphatic rings. The number of imidazole rings is 1. The van der Waals surface area contributed by atoms with E-state index in [2.05, 4.69) is 4.98 Å². The maximum atomic E-state index is 12.5. The summed E-state index contributed by atoms with van der Waals surface area (Å²) in [6, 6.07) is 7.30. The number of aryl methyl sites for hydroxylation is 1. The molecule has 0 saturated carbocycles. The van der Waals surface area contributed by atoms with Crippen LogP contribution in [0.4, 0.5) is 0 Å². The Bertz CT molecular complexity index is 692. The van der Waals surface area contributed by atoms with Crippen molar-refractivity contribution in [3.8, 4) is 11.5 Å². The Balaban J connectivity index is 1.56. The van der Waals surface area contributed by atoms with Crippen molar-refractivity contribution in [1.82, 2.24) is 14.5 Å². The number of carbonyl (C=O) groups excluding carboxylic acids is 1. The van der Waals surface area contributed by atoms with E-state index in [1.807, 2.05) is 53.8 Å². The third-order valence-electron chi connectivity index (χ3n) is 4.16. The van der Waals surface area contributed by atoms with Crippen LogP contribution in [-0.4, -0.2) is 46.7 Å². The second-order valence-electron chi connectivity index (χ2n) is 5.69. The summed E-state index contributed by atoms with van der Waals surface area (Å²) in [5.41, 5.74) is 0. The Kier molecular flexibility index (Phi) is 4.23. The van der Waals surface area contributed by atoms with Crippen LogP contribution in [0.3, 0.4) is 0 Å². The SMILES string of the molecule is COc1ccccc1OC1CN(C(=O)[C@@H](C)n2ccnc2C)C1. The smallest absolute Gasteiger partial charge is 0.245 e. The summed E-state index contributed by atoms with van der Waals surface area (Å²) in [7, 11) is 1.62. The van der Waals surface area contributed by atoms with Gasteiger partial charge in [0.05, 0.1) is 20.2 Å². The van der Waals surface area contributed by atoms with Gasteiger partial charge in [-0.1, -0.05) is 12.1 Å². The van der Waals surface area contributed by atoms with Crippen LogP contribution in [0.25, 0.3) is 0 Å². The molecular formula is C17H21N3O3. The number of benzene rings is 1. The van der Waals surface area contributed by atoms with Gasteiger partial charge in [-0.15, -0.1) is 0 Å². The Morgan fingerprint density at radius 2 is 2.00 bits per heavy atom. The minimum atomic E-state index is -0.246. The van der Waals surface area contributed by atoms with Gasteiger partial charge >= 0.3 is 0 Å². The van der Waals surface area contributed by atoms with Gasteiger partial charge in [-0.05, 0) is 26.0 Å². The largest absolute Gasteiger partial charge is 0.493 e. The number of ether oxygens (including phenoxy) is 2. The van der Waals surface area contributed by atoms with Gasteiger partial charge in [0.2, 0.25) is 5.91 Å². The Morgan fingerprint density at radius 3 is 2.61 bits per heavy atom. The highest BCUT2D eigenvalue weighted by Gasteiger charge is 2.35. The monoisotopic (exact) mass is 315 g/mol. The molecule has 0 bridgehead atoms. The quantitative estimate of drug-likeness (QED) is 0.847. The molecule has 1 saturated heterocycles. The van der Waals surface area contributed by atoms with E-state index >= 15 is 0 Å². The normalized spacial score (nSPS) is 15.9. The lowest BCUT2D eigenvalue weighted by molar-refractivity contribution is -0.143. The maximum Gasteiger partial charge on any atom is 0.245 e. The van der Waals surface area contributed by atoms with Crippen molar-refractivity contribution in [3.63, 3.8) is 0 Å². The van der Waals surface area contributed by atoms with E-state index < -0.39 is 0 Å². The van der Waals surface area contributed by atoms with Gasteiger partial charge in [0, 0.05) is 12.4 Å². The second kappa shape index (κ2) is 6.32. The predicted molar refractivity (Wildman–Crippen MR) is 85.7 cm³/mol. The number of likely N-dealkylation sites (tertiary alicyclic amines) is 1. The van der Waals surface area contributed by atoms with Crippen LogP contribution in [0.5, 0.6) is 11.5 Å². The summed E-state index contributed by atoms with van der Waals surface area (Å²) in [6.45, 7) is 4.98. The number of hydrogen-bond donors (Lipinski definition) is 0. The number of methoxy groups -OCH3 is 1. The second-order valence-corrected chi connectivity index (χ2v) is 5.69. The first kappa shape index (κ1) is 15.4. The molecule has 1 fully saturated rings. The standard InChI is InChI=1S/C17H21N3O3/c1-12(20-9-8-18-13(20)2)17(21)19-10-14(11-19)23-16-7-5-4-6-15(16)22-3/h4-9,12,14H,10-11H2,1-3H3/t12-/m1/s1. The maximum absolute atomic E-state index is 12.5. The zero-order chi connectivity index (χ0) is 16.4. The van der Waals surface area contributed by atoms with Crippen LogP contribution in [0.1, 0.15) is 18.8 Å². The summed E-state index contributed by atoms with van der Waals surface area (Å²) in [5, 5.41) is 0. The molecule has 0 N–H and O–H groups in total. The van der Waals surface area contributed by atoms with Crippen LogP contribution in [0.15, 0.2) is 36.7 Å². The summed E-state index contributed by atoms with van der Waals surface area (Å²) < 4.78 is 13.1. The molecule has 1 aliphatic heterocycles. The van der Waals surface area contributed by atoms with E-state index in [0.29, 0.717) is 24.6 Å². The summed E-state index contributed by atoms with van der Waals surface area (Å²) in [5.74, 6) is 2.35. The molecular weight excluding hydrogens is 294 g/mol. The first-order valence-corrected chi connectivity index (χ1v) is 7.68. The lowest BCUT2D eigenvalue weighted by atomic mass is 10.1. The van der Waals surface area contributed by atoms with Gasteiger partial charge in [-0.2, -0.15) is 0 Å². The van der Waals surface area contributed by atoms with Crippen molar-refractivity contribution >= 4 is 5.91 Å². The fourth-order valence-electron chi connectivity index (χ4n) is 2.77. The van der Waals surface area contributed by atoms with Crippen LogP contribution in [0.2, 0.25) is 0 Å². The van der Waals surface area contributed by atoms with E-state index in [1.165, 1.54) is 0 Å². The molecule has 1 atom stereocenters. The van der Waals surface area contributed by atoms with E-state index in [9.17, 15) is 4.79 Å². The number of amides is 1. The molecule has 1 aromatic heterocycles. The van der Waals surface area contributed by atoms with Crippen LogP contribution in [0, 0.1) is 6.92 Å². The predicted octanol–water partition coefficient (Wildman–Crippen LogP) is 2.05. The third kappa shape index (κ3) is 3.02. The Labute approximate surface area is 135 Å². The molecule has 1 amide bonds. The van der Waals surface area contributed by atoms with E-state index in [-0.39, 0.29) is 18.1 Å². The van der Waals surface area contributed by atoms with Crippen molar-refractivity contribution in [1.29, 1.82) is 0 Å². The van der Waals surface area contributed by atoms with Gasteiger partial charge in [0.15, 0.2) is 11.5 Å². The van der Waals surface area contributed by atoms with Crippen molar-refractivity contribution in [3.05, 3.63) is 42.5 Å². The molecule has 0 unspecified atom stereocenters. The van der Waals surface area contributed by atoms with Crippen molar-refractivity contribution in [2.75, 3.05) is 20.2 Å². The first-order valence-electron chi connectivity index (χ1n) is 7.68. The molecule has 6 heteroatoms. The van der Waals surface area contributed by atoms with E-state index in [1.54, 1.807) is 13.3 Å². The zero-order valence-corrected chi connectivity index (χ0v) is 13.6. The average molecular weight is 315 g/mol.